The molecule has 2 aromatic rings. The number of rotatable bonds is 9. The molecule has 9 nitrogen and oxygen atoms in total. The van der Waals surface area contributed by atoms with Crippen LogP contribution in [0.1, 0.15) is 11.1 Å². The van der Waals surface area contributed by atoms with E-state index in [0.717, 1.165) is 11.1 Å². The van der Waals surface area contributed by atoms with Gasteiger partial charge in [-0.3, -0.25) is 14.9 Å². The molecular formula is C19H22N2O7. The number of aryl methyl sites for hydroxylation is 1. The average Bonchev–Trinajstić information content (AvgIpc) is 2.70. The summed E-state index contributed by atoms with van der Waals surface area (Å²) in [6.45, 7) is 1.57. The van der Waals surface area contributed by atoms with E-state index in [1.165, 1.54) is 33.5 Å². The number of nitrogens with zero attached hydrogens (tertiary/aromatic N) is 1. The molecule has 2 aromatic carbocycles. The lowest BCUT2D eigenvalue weighted by molar-refractivity contribution is -0.385. The highest BCUT2D eigenvalue weighted by Gasteiger charge is 2.17. The first-order valence-corrected chi connectivity index (χ1v) is 8.33. The van der Waals surface area contributed by atoms with E-state index in [1.54, 1.807) is 25.1 Å². The number of carbonyl (C=O) groups is 1. The SMILES string of the molecule is COc1cc(CNC(=O)COc2ccc(C)cc2[N+](=O)[O-])cc(OC)c1OC. The lowest BCUT2D eigenvalue weighted by Crippen LogP contribution is -2.28. The van der Waals surface area contributed by atoms with Crippen LogP contribution in [0.25, 0.3) is 0 Å². The molecule has 150 valence electrons. The van der Waals surface area contributed by atoms with Crippen LogP contribution in [0.15, 0.2) is 30.3 Å². The van der Waals surface area contributed by atoms with Crippen molar-refractivity contribution < 1.29 is 28.7 Å². The molecule has 1 N–H and O–H groups in total. The summed E-state index contributed by atoms with van der Waals surface area (Å²) < 4.78 is 21.1. The third-order valence-corrected chi connectivity index (χ3v) is 3.88. The Kier molecular flexibility index (Phi) is 7.02. The fourth-order valence-electron chi connectivity index (χ4n) is 2.52. The molecule has 0 aliphatic rings. The monoisotopic (exact) mass is 390 g/mol. The van der Waals surface area contributed by atoms with Crippen LogP contribution < -0.4 is 24.3 Å². The summed E-state index contributed by atoms with van der Waals surface area (Å²) in [4.78, 5) is 22.6. The molecule has 1 amide bonds. The van der Waals surface area contributed by atoms with E-state index in [-0.39, 0.29) is 24.6 Å². The van der Waals surface area contributed by atoms with Crippen LogP contribution in [0.5, 0.6) is 23.0 Å². The number of nitrogens with one attached hydrogen (secondary N) is 1. The van der Waals surface area contributed by atoms with Gasteiger partial charge in [-0.1, -0.05) is 6.07 Å². The van der Waals surface area contributed by atoms with Crippen LogP contribution in [0.3, 0.4) is 0 Å². The van der Waals surface area contributed by atoms with Crippen molar-refractivity contribution in [3.63, 3.8) is 0 Å². The zero-order valence-corrected chi connectivity index (χ0v) is 16.1. The fraction of sp³-hybridized carbons (Fsp3) is 0.316. The van der Waals surface area contributed by atoms with E-state index in [4.69, 9.17) is 18.9 Å². The summed E-state index contributed by atoms with van der Waals surface area (Å²) in [5, 5.41) is 13.8. The third-order valence-electron chi connectivity index (χ3n) is 3.88. The lowest BCUT2D eigenvalue weighted by Gasteiger charge is -2.14. The van der Waals surface area contributed by atoms with Crippen LogP contribution in [-0.2, 0) is 11.3 Å². The van der Waals surface area contributed by atoms with E-state index < -0.39 is 10.8 Å². The molecule has 9 heteroatoms. The fourth-order valence-corrected chi connectivity index (χ4v) is 2.52. The second kappa shape index (κ2) is 9.45. The molecule has 28 heavy (non-hydrogen) atoms. The van der Waals surface area contributed by atoms with Gasteiger partial charge in [-0.2, -0.15) is 0 Å². The van der Waals surface area contributed by atoms with Gasteiger partial charge in [0.2, 0.25) is 5.75 Å². The van der Waals surface area contributed by atoms with Gasteiger partial charge in [-0.05, 0) is 36.2 Å². The van der Waals surface area contributed by atoms with Crippen molar-refractivity contribution in [2.45, 2.75) is 13.5 Å². The van der Waals surface area contributed by atoms with E-state index in [9.17, 15) is 14.9 Å². The Morgan fingerprint density at radius 3 is 2.21 bits per heavy atom. The number of methoxy groups -OCH3 is 3. The Hall–Kier alpha value is -3.49. The Balaban J connectivity index is 2.01. The molecule has 0 saturated heterocycles. The van der Waals surface area contributed by atoms with Crippen molar-refractivity contribution in [2.75, 3.05) is 27.9 Å². The van der Waals surface area contributed by atoms with Crippen molar-refractivity contribution in [3.8, 4) is 23.0 Å². The van der Waals surface area contributed by atoms with Gasteiger partial charge in [0.1, 0.15) is 0 Å². The molecule has 0 aromatic heterocycles. The summed E-state index contributed by atoms with van der Waals surface area (Å²) in [5.74, 6) is 1.01. The number of nitro groups is 1. The standard InChI is InChI=1S/C19H22N2O7/c1-12-5-6-15(14(7-12)21(23)24)28-11-18(22)20-10-13-8-16(25-2)19(27-4)17(9-13)26-3/h5-9H,10-11H2,1-4H3,(H,20,22). The predicted octanol–water partition coefficient (Wildman–Crippen LogP) is 2.62. The van der Waals surface area contributed by atoms with Gasteiger partial charge in [-0.15, -0.1) is 0 Å². The molecule has 0 aliphatic carbocycles. The van der Waals surface area contributed by atoms with Gasteiger partial charge >= 0.3 is 5.69 Å². The largest absolute Gasteiger partial charge is 0.493 e. The Bertz CT molecular complexity index is 842. The highest BCUT2D eigenvalue weighted by atomic mass is 16.6. The van der Waals surface area contributed by atoms with Crippen molar-refractivity contribution in [2.24, 2.45) is 0 Å². The zero-order valence-electron chi connectivity index (χ0n) is 16.1. The number of ether oxygens (including phenoxy) is 4. The summed E-state index contributed by atoms with van der Waals surface area (Å²) in [7, 11) is 4.51. The first-order chi connectivity index (χ1) is 13.4. The lowest BCUT2D eigenvalue weighted by atomic mass is 10.1. The normalized spacial score (nSPS) is 10.1. The number of benzene rings is 2. The maximum atomic E-state index is 12.1. The molecule has 0 atom stereocenters. The predicted molar refractivity (Wildman–Crippen MR) is 101 cm³/mol. The molecule has 0 spiro atoms. The second-order valence-electron chi connectivity index (χ2n) is 5.83. The van der Waals surface area contributed by atoms with Crippen LogP contribution >= 0.6 is 0 Å². The Morgan fingerprint density at radius 2 is 1.68 bits per heavy atom. The molecule has 2 rings (SSSR count). The highest BCUT2D eigenvalue weighted by molar-refractivity contribution is 5.77. The minimum Gasteiger partial charge on any atom is -0.493 e. The summed E-state index contributed by atoms with van der Waals surface area (Å²) in [6.07, 6.45) is 0. The number of carbonyl (C=O) groups excluding carboxylic acids is 1. The van der Waals surface area contributed by atoms with E-state index >= 15 is 0 Å². The molecule has 0 saturated carbocycles. The second-order valence-corrected chi connectivity index (χ2v) is 5.83. The van der Waals surface area contributed by atoms with Gasteiger partial charge in [0.15, 0.2) is 23.9 Å². The first kappa shape index (κ1) is 20.8. The van der Waals surface area contributed by atoms with Gasteiger partial charge in [0.05, 0.1) is 26.3 Å². The van der Waals surface area contributed by atoms with Crippen LogP contribution in [0, 0.1) is 17.0 Å². The smallest absolute Gasteiger partial charge is 0.311 e. The minimum absolute atomic E-state index is 0.0403. The summed E-state index contributed by atoms with van der Waals surface area (Å²) in [5.41, 5.74) is 1.27. The maximum Gasteiger partial charge on any atom is 0.311 e. The van der Waals surface area contributed by atoms with Crippen molar-refractivity contribution in [3.05, 3.63) is 51.6 Å². The zero-order chi connectivity index (χ0) is 20.7. The van der Waals surface area contributed by atoms with Crippen molar-refractivity contribution in [1.29, 1.82) is 0 Å². The van der Waals surface area contributed by atoms with E-state index in [0.29, 0.717) is 17.2 Å². The molecule has 0 fully saturated rings. The van der Waals surface area contributed by atoms with Crippen molar-refractivity contribution >= 4 is 11.6 Å². The quantitative estimate of drug-likeness (QED) is 0.518. The minimum atomic E-state index is -0.545. The molecular weight excluding hydrogens is 368 g/mol. The molecule has 0 heterocycles. The Labute approximate surface area is 162 Å². The van der Waals surface area contributed by atoms with Crippen LogP contribution in [0.2, 0.25) is 0 Å². The van der Waals surface area contributed by atoms with Crippen molar-refractivity contribution in [1.82, 2.24) is 5.32 Å². The molecule has 0 aliphatic heterocycles. The first-order valence-electron chi connectivity index (χ1n) is 8.33. The van der Waals surface area contributed by atoms with Gasteiger partial charge in [-0.25, -0.2) is 0 Å². The average molecular weight is 390 g/mol. The van der Waals surface area contributed by atoms with E-state index in [1.807, 2.05) is 0 Å². The van der Waals surface area contributed by atoms with Gasteiger partial charge in [0.25, 0.3) is 5.91 Å². The van der Waals surface area contributed by atoms with Gasteiger partial charge < -0.3 is 24.3 Å². The van der Waals surface area contributed by atoms with Crippen LogP contribution in [0.4, 0.5) is 5.69 Å². The maximum absolute atomic E-state index is 12.1. The number of hydrogen-bond acceptors (Lipinski definition) is 7. The van der Waals surface area contributed by atoms with E-state index in [2.05, 4.69) is 5.32 Å². The number of amides is 1. The summed E-state index contributed by atoms with van der Waals surface area (Å²) >= 11 is 0. The molecule has 0 radical (unpaired) electrons. The van der Waals surface area contributed by atoms with Crippen LogP contribution in [-0.4, -0.2) is 38.8 Å². The number of hydrogen-bond donors (Lipinski definition) is 1. The summed E-state index contributed by atoms with van der Waals surface area (Å²) in [6, 6.07) is 7.97. The molecule has 0 unspecified atom stereocenters. The third kappa shape index (κ3) is 5.03. The topological polar surface area (TPSA) is 109 Å². The highest BCUT2D eigenvalue weighted by Crippen LogP contribution is 2.38. The number of nitro benzene ring substituents is 1. The molecule has 0 bridgehead atoms. The van der Waals surface area contributed by atoms with Gasteiger partial charge in [0, 0.05) is 12.6 Å². The Morgan fingerprint density at radius 1 is 1.04 bits per heavy atom.